The van der Waals surface area contributed by atoms with Crippen molar-refractivity contribution >= 4 is 46.2 Å². The fourth-order valence-electron chi connectivity index (χ4n) is 8.25. The molecular weight excluding hydrogens is 915 g/mol. The van der Waals surface area contributed by atoms with Crippen molar-refractivity contribution in [3.63, 3.8) is 0 Å². The summed E-state index contributed by atoms with van der Waals surface area (Å²) in [6, 6.07) is 50.9. The molecule has 6 heteroatoms. The minimum Gasteiger partial charge on any atom is -0.501 e. The average Bonchev–Trinajstić information content (AvgIpc) is 3.79. The van der Waals surface area contributed by atoms with Crippen LogP contribution < -0.4 is 5.19 Å². The number of fused-ring (bicyclic) bond motifs is 4. The molecule has 0 amide bonds. The van der Waals surface area contributed by atoms with Gasteiger partial charge in [-0.2, -0.15) is 0 Å². The van der Waals surface area contributed by atoms with Crippen LogP contribution in [0.1, 0.15) is 61.8 Å². The summed E-state index contributed by atoms with van der Waals surface area (Å²) in [4.78, 5) is 9.92. The SMILES string of the molecule is CC(C)c1cccc(C(C)C)c1-n1c(-c2[c-]ccc3c2oc2ccccc23)nc2ccccc21.Cc1cccc(C)c1-c1cc(-c2[c-]cccc2)ncc1[Si](C)(C)C.[Ir]. The van der Waals surface area contributed by atoms with E-state index in [0.29, 0.717) is 11.8 Å². The number of para-hydroxylation sites is 4. The van der Waals surface area contributed by atoms with E-state index in [4.69, 9.17) is 14.4 Å². The van der Waals surface area contributed by atoms with Gasteiger partial charge in [-0.15, -0.1) is 54.1 Å². The minimum absolute atomic E-state index is 0. The molecule has 0 unspecified atom stereocenters. The van der Waals surface area contributed by atoms with E-state index in [1.165, 1.54) is 44.3 Å². The van der Waals surface area contributed by atoms with Crippen LogP contribution in [0, 0.1) is 26.0 Å². The molecule has 0 spiro atoms. The summed E-state index contributed by atoms with van der Waals surface area (Å²) in [7, 11) is -1.50. The molecule has 3 heterocycles. The molecule has 0 saturated heterocycles. The Bertz CT molecular complexity index is 2870. The number of aromatic nitrogens is 3. The van der Waals surface area contributed by atoms with Crippen LogP contribution in [0.25, 0.3) is 72.4 Å². The van der Waals surface area contributed by atoms with E-state index in [2.05, 4.69) is 169 Å². The van der Waals surface area contributed by atoms with E-state index in [0.717, 1.165) is 55.6 Å². The van der Waals surface area contributed by atoms with Crippen molar-refractivity contribution in [3.8, 4) is 39.5 Å². The fraction of sp³-hybridized carbons (Fsp3) is 0.208. The van der Waals surface area contributed by atoms with Crippen LogP contribution in [0.2, 0.25) is 19.6 Å². The van der Waals surface area contributed by atoms with Gasteiger partial charge >= 0.3 is 0 Å². The zero-order valence-corrected chi connectivity index (χ0v) is 38.8. The number of benzene rings is 6. The molecule has 9 aromatic rings. The van der Waals surface area contributed by atoms with Gasteiger partial charge in [0.1, 0.15) is 5.58 Å². The Morgan fingerprint density at radius 3 is 2.02 bits per heavy atom. The van der Waals surface area contributed by atoms with Gasteiger partial charge in [0, 0.05) is 37.4 Å². The summed E-state index contributed by atoms with van der Waals surface area (Å²) in [6.07, 6.45) is 2.10. The molecule has 6 aromatic carbocycles. The van der Waals surface area contributed by atoms with Crippen LogP contribution >= 0.6 is 0 Å². The van der Waals surface area contributed by atoms with Gasteiger partial charge in [-0.25, -0.2) is 0 Å². The van der Waals surface area contributed by atoms with E-state index >= 15 is 0 Å². The van der Waals surface area contributed by atoms with Crippen LogP contribution in [0.5, 0.6) is 0 Å². The van der Waals surface area contributed by atoms with Gasteiger partial charge in [-0.3, -0.25) is 4.98 Å². The first kappa shape index (κ1) is 41.8. The van der Waals surface area contributed by atoms with Crippen molar-refractivity contribution in [1.29, 1.82) is 0 Å². The second-order valence-corrected chi connectivity index (χ2v) is 22.0. The standard InChI is InChI=1S/C31H27N2O.C22H24NSi.Ir/c1-19(2)21-12-9-13-22(20(3)4)29(21)33-27-17-7-6-16-26(27)32-31(33)25-15-10-14-24-23-11-5-8-18-28(23)34-30(24)25;1-16-10-9-11-17(2)22(16)19-14-20(18-12-7-6-8-13-18)23-15-21(19)24(3,4)5;/h5-14,16-20H,1-4H3;6-12,14-15H,1-5H3;/q2*-1;. The van der Waals surface area contributed by atoms with Crippen LogP contribution in [0.3, 0.4) is 0 Å². The average molecular weight is 966 g/mol. The molecule has 0 aliphatic rings. The molecule has 59 heavy (non-hydrogen) atoms. The van der Waals surface area contributed by atoms with Crippen molar-refractivity contribution in [2.45, 2.75) is 73.0 Å². The first-order valence-corrected chi connectivity index (χ1v) is 23.9. The van der Waals surface area contributed by atoms with Crippen molar-refractivity contribution in [1.82, 2.24) is 14.5 Å². The Hall–Kier alpha value is -5.39. The van der Waals surface area contributed by atoms with Gasteiger partial charge in [0.2, 0.25) is 0 Å². The van der Waals surface area contributed by atoms with E-state index in [9.17, 15) is 0 Å². The molecule has 0 fully saturated rings. The largest absolute Gasteiger partial charge is 0.501 e. The second kappa shape index (κ2) is 17.1. The van der Waals surface area contributed by atoms with Gasteiger partial charge in [0.15, 0.2) is 0 Å². The second-order valence-electron chi connectivity index (χ2n) is 17.0. The van der Waals surface area contributed by atoms with Crippen LogP contribution in [0.15, 0.2) is 138 Å². The summed E-state index contributed by atoms with van der Waals surface area (Å²) >= 11 is 0. The third-order valence-electron chi connectivity index (χ3n) is 11.1. The molecule has 0 aliphatic carbocycles. The van der Waals surface area contributed by atoms with Crippen LogP contribution in [-0.4, -0.2) is 22.6 Å². The Morgan fingerprint density at radius 1 is 0.678 bits per heavy atom. The maximum Gasteiger partial charge on any atom is 0.120 e. The van der Waals surface area contributed by atoms with E-state index in [-0.39, 0.29) is 20.1 Å². The Labute approximate surface area is 363 Å². The van der Waals surface area contributed by atoms with Crippen molar-refractivity contribution in [2.24, 2.45) is 0 Å². The number of nitrogens with zero attached hydrogens (tertiary/aromatic N) is 3. The summed E-state index contributed by atoms with van der Waals surface area (Å²) in [5.41, 5.74) is 15.9. The number of pyridine rings is 1. The molecule has 0 bridgehead atoms. The number of aryl methyl sites for hydroxylation is 2. The summed E-state index contributed by atoms with van der Waals surface area (Å²) < 4.78 is 8.73. The third kappa shape index (κ3) is 8.02. The quantitative estimate of drug-likeness (QED) is 0.118. The van der Waals surface area contributed by atoms with Crippen molar-refractivity contribution in [2.75, 3.05) is 0 Å². The van der Waals surface area contributed by atoms with Crippen molar-refractivity contribution in [3.05, 3.63) is 168 Å². The first-order valence-electron chi connectivity index (χ1n) is 20.4. The predicted octanol–water partition coefficient (Wildman–Crippen LogP) is 14.0. The number of furan rings is 1. The Balaban J connectivity index is 0.000000187. The number of imidazole rings is 1. The molecule has 3 aromatic heterocycles. The number of hydrogen-bond acceptors (Lipinski definition) is 3. The van der Waals surface area contributed by atoms with E-state index in [1.54, 1.807) is 0 Å². The Kier molecular flexibility index (Phi) is 12.1. The van der Waals surface area contributed by atoms with E-state index < -0.39 is 8.07 Å². The molecular formula is C53H51IrN3OSi-2. The van der Waals surface area contributed by atoms with Gasteiger partial charge in [0.05, 0.1) is 30.5 Å². The Morgan fingerprint density at radius 2 is 1.34 bits per heavy atom. The number of hydrogen-bond donors (Lipinski definition) is 0. The molecule has 0 atom stereocenters. The molecule has 0 saturated carbocycles. The zero-order valence-electron chi connectivity index (χ0n) is 35.4. The van der Waals surface area contributed by atoms with Gasteiger partial charge < -0.3 is 14.0 Å². The van der Waals surface area contributed by atoms with Crippen molar-refractivity contribution < 1.29 is 24.5 Å². The summed E-state index contributed by atoms with van der Waals surface area (Å²) in [5, 5.41) is 3.62. The third-order valence-corrected chi connectivity index (χ3v) is 13.2. The smallest absolute Gasteiger partial charge is 0.120 e. The minimum atomic E-state index is -1.50. The molecule has 299 valence electrons. The molecule has 0 aliphatic heterocycles. The summed E-state index contributed by atoms with van der Waals surface area (Å²) in [5.74, 6) is 1.60. The maximum absolute atomic E-state index is 6.40. The molecule has 1 radical (unpaired) electrons. The topological polar surface area (TPSA) is 43.9 Å². The number of rotatable bonds is 7. The van der Waals surface area contributed by atoms with Gasteiger partial charge in [-0.1, -0.05) is 131 Å². The normalized spacial score (nSPS) is 11.6. The first-order chi connectivity index (χ1) is 27.9. The van der Waals surface area contributed by atoms with Gasteiger partial charge in [-0.05, 0) is 88.1 Å². The fourth-order valence-corrected chi connectivity index (χ4v) is 9.70. The zero-order chi connectivity index (χ0) is 40.7. The molecule has 0 N–H and O–H groups in total. The molecule has 9 rings (SSSR count). The van der Waals surface area contributed by atoms with E-state index in [1.807, 2.05) is 42.5 Å². The maximum atomic E-state index is 6.40. The van der Waals surface area contributed by atoms with Crippen LogP contribution in [-0.2, 0) is 20.1 Å². The van der Waals surface area contributed by atoms with Gasteiger partial charge in [0.25, 0.3) is 0 Å². The van der Waals surface area contributed by atoms with Crippen LogP contribution in [0.4, 0.5) is 0 Å². The predicted molar refractivity (Wildman–Crippen MR) is 247 cm³/mol. The molecule has 4 nitrogen and oxygen atoms in total. The monoisotopic (exact) mass is 966 g/mol. The summed E-state index contributed by atoms with van der Waals surface area (Å²) in [6.45, 7) is 20.6.